The van der Waals surface area contributed by atoms with Gasteiger partial charge in [0.25, 0.3) is 0 Å². The molecule has 1 heterocycles. The van der Waals surface area contributed by atoms with Crippen LogP contribution < -0.4 is 5.73 Å². The quantitative estimate of drug-likeness (QED) is 0.789. The van der Waals surface area contributed by atoms with Gasteiger partial charge >= 0.3 is 0 Å². The molecule has 0 radical (unpaired) electrons. The van der Waals surface area contributed by atoms with Crippen molar-refractivity contribution in [2.75, 3.05) is 19.0 Å². The zero-order valence-electron chi connectivity index (χ0n) is 11.2. The van der Waals surface area contributed by atoms with E-state index in [1.165, 1.54) is 0 Å². The number of ether oxygens (including phenoxy) is 1. The average Bonchev–Trinajstić information content (AvgIpc) is 2.73. The molecule has 0 bridgehead atoms. The molecule has 0 aromatic heterocycles. The summed E-state index contributed by atoms with van der Waals surface area (Å²) in [5.41, 5.74) is 7.23. The third-order valence-electron chi connectivity index (χ3n) is 3.24. The fourth-order valence-electron chi connectivity index (χ4n) is 1.94. The summed E-state index contributed by atoms with van der Waals surface area (Å²) in [7, 11) is 0. The van der Waals surface area contributed by atoms with E-state index >= 15 is 0 Å². The minimum atomic E-state index is -0.000162. The second kappa shape index (κ2) is 6.06. The highest BCUT2D eigenvalue weighted by Gasteiger charge is 2.32. The average molecular weight is 326 g/mol. The van der Waals surface area contributed by atoms with Crippen LogP contribution in [0.3, 0.4) is 0 Å². The van der Waals surface area contributed by atoms with Crippen molar-refractivity contribution in [2.24, 2.45) is 0 Å². The number of hydrogen-bond donors (Lipinski definition) is 1. The van der Waals surface area contributed by atoms with Gasteiger partial charge in [-0.05, 0) is 38.5 Å². The maximum absolute atomic E-state index is 6.05. The summed E-state index contributed by atoms with van der Waals surface area (Å²) in [5, 5.41) is 0.964. The van der Waals surface area contributed by atoms with E-state index < -0.39 is 0 Å². The summed E-state index contributed by atoms with van der Waals surface area (Å²) in [6.07, 6.45) is -0.000162. The number of nitrogens with zero attached hydrogens (tertiary/aromatic N) is 1. The van der Waals surface area contributed by atoms with E-state index in [2.05, 4.69) is 25.7 Å². The molecular weight excluding hydrogens is 307 g/mol. The first kappa shape index (κ1) is 16.9. The van der Waals surface area contributed by atoms with Gasteiger partial charge in [0.2, 0.25) is 0 Å². The van der Waals surface area contributed by atoms with Gasteiger partial charge in [-0.25, -0.2) is 0 Å². The molecule has 1 saturated heterocycles. The van der Waals surface area contributed by atoms with E-state index in [9.17, 15) is 0 Å². The van der Waals surface area contributed by atoms with Crippen LogP contribution in [0, 0.1) is 0 Å². The highest BCUT2D eigenvalue weighted by molar-refractivity contribution is 6.38. The molecule has 1 aromatic carbocycles. The van der Waals surface area contributed by atoms with Crippen molar-refractivity contribution in [3.63, 3.8) is 0 Å². The molecule has 108 valence electrons. The summed E-state index contributed by atoms with van der Waals surface area (Å²) in [4.78, 5) is 2.27. The fraction of sp³-hybridized carbons (Fsp3) is 0.538. The largest absolute Gasteiger partial charge is 0.396 e. The Labute approximate surface area is 130 Å². The zero-order chi connectivity index (χ0) is 13.5. The van der Waals surface area contributed by atoms with Gasteiger partial charge in [0, 0.05) is 12.1 Å². The maximum Gasteiger partial charge on any atom is 0.100 e. The molecule has 1 atom stereocenters. The summed E-state index contributed by atoms with van der Waals surface area (Å²) in [6, 6.07) is 3.67. The van der Waals surface area contributed by atoms with Crippen LogP contribution in [-0.2, 0) is 4.74 Å². The summed E-state index contributed by atoms with van der Waals surface area (Å²) in [6.45, 7) is 7.96. The van der Waals surface area contributed by atoms with Crippen LogP contribution in [0.25, 0.3) is 0 Å². The second-order valence-electron chi connectivity index (χ2n) is 5.58. The summed E-state index contributed by atoms with van der Waals surface area (Å²) < 4.78 is 5.80. The molecule has 1 aliphatic rings. The van der Waals surface area contributed by atoms with Crippen LogP contribution in [-0.4, -0.2) is 23.7 Å². The van der Waals surface area contributed by atoms with Crippen molar-refractivity contribution in [3.8, 4) is 0 Å². The third kappa shape index (κ3) is 3.67. The van der Waals surface area contributed by atoms with Gasteiger partial charge < -0.3 is 10.5 Å². The van der Waals surface area contributed by atoms with Gasteiger partial charge in [-0.2, -0.15) is 0 Å². The maximum atomic E-state index is 6.05. The van der Waals surface area contributed by atoms with E-state index in [0.29, 0.717) is 22.5 Å². The van der Waals surface area contributed by atoms with Crippen molar-refractivity contribution in [3.05, 3.63) is 27.7 Å². The highest BCUT2D eigenvalue weighted by Crippen LogP contribution is 2.35. The Kier molecular flexibility index (Phi) is 5.38. The smallest absolute Gasteiger partial charge is 0.100 e. The molecule has 3 nitrogen and oxygen atoms in total. The molecule has 2 N–H and O–H groups in total. The van der Waals surface area contributed by atoms with E-state index in [4.69, 9.17) is 33.7 Å². The van der Waals surface area contributed by atoms with Crippen molar-refractivity contribution in [2.45, 2.75) is 32.4 Å². The first-order valence-corrected chi connectivity index (χ1v) is 6.65. The van der Waals surface area contributed by atoms with Crippen molar-refractivity contribution in [1.29, 1.82) is 0 Å². The Morgan fingerprint density at radius 1 is 1.26 bits per heavy atom. The number of anilines is 1. The Balaban J connectivity index is 0.00000180. The van der Waals surface area contributed by atoms with Crippen LogP contribution >= 0.6 is 35.6 Å². The molecule has 0 spiro atoms. The van der Waals surface area contributed by atoms with E-state index in [1.54, 1.807) is 0 Å². The lowest BCUT2D eigenvalue weighted by molar-refractivity contribution is 0.0607. The topological polar surface area (TPSA) is 38.5 Å². The fourth-order valence-corrected chi connectivity index (χ4v) is 2.45. The number of hydrogen-bond acceptors (Lipinski definition) is 3. The minimum Gasteiger partial charge on any atom is -0.396 e. The molecule has 19 heavy (non-hydrogen) atoms. The molecular formula is C13H19Cl3N2O. The number of rotatable bonds is 1. The molecule has 6 heteroatoms. The van der Waals surface area contributed by atoms with E-state index in [0.717, 1.165) is 12.1 Å². The zero-order valence-corrected chi connectivity index (χ0v) is 13.6. The van der Waals surface area contributed by atoms with Crippen molar-refractivity contribution < 1.29 is 4.74 Å². The highest BCUT2D eigenvalue weighted by atomic mass is 35.5. The molecule has 0 aliphatic carbocycles. The lowest BCUT2D eigenvalue weighted by atomic mass is 10.0. The summed E-state index contributed by atoms with van der Waals surface area (Å²) in [5.74, 6) is 0. The van der Waals surface area contributed by atoms with Gasteiger partial charge in [-0.15, -0.1) is 12.4 Å². The lowest BCUT2D eigenvalue weighted by Crippen LogP contribution is -2.39. The number of benzene rings is 1. The van der Waals surface area contributed by atoms with Gasteiger partial charge in [0.15, 0.2) is 0 Å². The minimum absolute atomic E-state index is 0. The number of halogens is 3. The normalized spacial score (nSPS) is 20.4. The molecule has 1 aliphatic heterocycles. The van der Waals surface area contributed by atoms with Gasteiger partial charge in [-0.3, -0.25) is 4.90 Å². The first-order valence-electron chi connectivity index (χ1n) is 5.90. The Morgan fingerprint density at radius 2 is 1.79 bits per heavy atom. The number of nitrogens with two attached hydrogens (primary N) is 1. The molecule has 1 aromatic rings. The second-order valence-corrected chi connectivity index (χ2v) is 6.39. The molecule has 2 rings (SSSR count). The molecule has 0 saturated carbocycles. The first-order chi connectivity index (χ1) is 8.29. The van der Waals surface area contributed by atoms with Crippen LogP contribution in [0.1, 0.15) is 32.4 Å². The third-order valence-corrected chi connectivity index (χ3v) is 3.87. The van der Waals surface area contributed by atoms with Crippen molar-refractivity contribution in [1.82, 2.24) is 4.90 Å². The van der Waals surface area contributed by atoms with Gasteiger partial charge in [0.1, 0.15) is 6.73 Å². The Bertz CT molecular complexity index is 437. The van der Waals surface area contributed by atoms with E-state index in [1.807, 2.05) is 12.1 Å². The standard InChI is InChI=1S/C13H18Cl2N2O.ClH/c1-13(2,3)17-6-11(18-7-17)8-4-9(14)12(16)10(15)5-8;/h4-5,11H,6-7,16H2,1-3H3;1H. The van der Waals surface area contributed by atoms with Gasteiger partial charge in [0.05, 0.1) is 21.8 Å². The molecule has 1 fully saturated rings. The van der Waals surface area contributed by atoms with Gasteiger partial charge in [-0.1, -0.05) is 23.2 Å². The Morgan fingerprint density at radius 3 is 2.21 bits per heavy atom. The summed E-state index contributed by atoms with van der Waals surface area (Å²) >= 11 is 12.1. The van der Waals surface area contributed by atoms with E-state index in [-0.39, 0.29) is 24.0 Å². The predicted octanol–water partition coefficient (Wildman–Crippen LogP) is 4.13. The SMILES string of the molecule is CC(C)(C)N1COC(c2cc(Cl)c(N)c(Cl)c2)C1.Cl. The predicted molar refractivity (Wildman–Crippen MR) is 83.3 cm³/mol. The van der Waals surface area contributed by atoms with Crippen molar-refractivity contribution >= 4 is 41.3 Å². The van der Waals surface area contributed by atoms with Crippen LogP contribution in [0.5, 0.6) is 0 Å². The molecule has 0 amide bonds. The lowest BCUT2D eigenvalue weighted by Gasteiger charge is -2.29. The number of nitrogen functional groups attached to an aromatic ring is 1. The van der Waals surface area contributed by atoms with Crippen LogP contribution in [0.4, 0.5) is 5.69 Å². The molecule has 1 unspecified atom stereocenters. The van der Waals surface area contributed by atoms with Crippen LogP contribution in [0.15, 0.2) is 12.1 Å². The van der Waals surface area contributed by atoms with Crippen LogP contribution in [0.2, 0.25) is 10.0 Å². The monoisotopic (exact) mass is 324 g/mol. The Hall–Kier alpha value is -0.190.